The summed E-state index contributed by atoms with van der Waals surface area (Å²) in [7, 11) is 0. The molecule has 2 N–H and O–H groups in total. The van der Waals surface area contributed by atoms with Crippen molar-refractivity contribution < 1.29 is 0 Å². The van der Waals surface area contributed by atoms with Crippen LogP contribution < -0.4 is 5.32 Å². The number of H-pyrrole nitrogens is 1. The molecule has 0 saturated heterocycles. The van der Waals surface area contributed by atoms with Crippen molar-refractivity contribution in [1.82, 2.24) is 30.6 Å². The summed E-state index contributed by atoms with van der Waals surface area (Å²) in [5, 5.41) is 18.9. The quantitative estimate of drug-likeness (QED) is 0.687. The average molecular weight is 390 g/mol. The number of aromatic nitrogens is 6. The van der Waals surface area contributed by atoms with Crippen LogP contribution in [0.2, 0.25) is 0 Å². The Labute approximate surface area is 148 Å². The highest BCUT2D eigenvalue weighted by Gasteiger charge is 2.21. The smallest absolute Gasteiger partial charge is 0.196 e. The molecule has 2 heterocycles. The maximum Gasteiger partial charge on any atom is 0.196 e. The van der Waals surface area contributed by atoms with Crippen molar-refractivity contribution in [2.24, 2.45) is 5.41 Å². The molecule has 0 spiro atoms. The molecule has 3 aromatic rings. The molecule has 0 radical (unpaired) electrons. The lowest BCUT2D eigenvalue weighted by Crippen LogP contribution is -2.17. The number of rotatable bonds is 5. The van der Waals surface area contributed by atoms with E-state index in [4.69, 9.17) is 0 Å². The second kappa shape index (κ2) is 6.80. The van der Waals surface area contributed by atoms with Crippen LogP contribution in [-0.4, -0.2) is 30.6 Å². The molecular weight excluding hydrogens is 370 g/mol. The molecule has 0 aliphatic rings. The Balaban J connectivity index is 1.90. The Bertz CT molecular complexity index is 811. The Hall–Kier alpha value is -2.09. The summed E-state index contributed by atoms with van der Waals surface area (Å²) in [6, 6.07) is 5.89. The lowest BCUT2D eigenvalue weighted by molar-refractivity contribution is 0.352. The first kappa shape index (κ1) is 16.8. The second-order valence-electron chi connectivity index (χ2n) is 6.95. The van der Waals surface area contributed by atoms with E-state index in [2.05, 4.69) is 72.6 Å². The predicted octanol–water partition coefficient (Wildman–Crippen LogP) is 3.88. The first-order valence-corrected chi connectivity index (χ1v) is 8.62. The number of hydrogen-bond donors (Lipinski definition) is 2. The molecule has 1 aromatic carbocycles. The fraction of sp³-hybridized carbons (Fsp3) is 0.438. The molecule has 24 heavy (non-hydrogen) atoms. The normalized spacial score (nSPS) is 13.2. The molecule has 0 fully saturated rings. The first-order valence-electron chi connectivity index (χ1n) is 7.82. The van der Waals surface area contributed by atoms with Gasteiger partial charge in [-0.1, -0.05) is 41.9 Å². The maximum atomic E-state index is 4.41. The second-order valence-corrected chi connectivity index (χ2v) is 7.87. The Morgan fingerprint density at radius 3 is 2.79 bits per heavy atom. The summed E-state index contributed by atoms with van der Waals surface area (Å²) in [6.07, 6.45) is 3.47. The van der Waals surface area contributed by atoms with E-state index < -0.39 is 0 Å². The molecule has 3 rings (SSSR count). The summed E-state index contributed by atoms with van der Waals surface area (Å²) in [5.41, 5.74) is 1.10. The third kappa shape index (κ3) is 4.05. The number of aromatic amines is 1. The number of tetrazole rings is 1. The summed E-state index contributed by atoms with van der Waals surface area (Å²) >= 11 is 3.47. The third-order valence-corrected chi connectivity index (χ3v) is 4.26. The van der Waals surface area contributed by atoms with Gasteiger partial charge >= 0.3 is 0 Å². The standard InChI is InChI=1S/C16H20BrN7/c1-16(2,3)7-6-12(15-21-23-24-22-15)20-14-11-5-4-10(17)8-13(11)18-9-19-14/h4-5,8-9,12H,6-7H2,1-3H3,(H,18,19,20)(H,21,22,23,24). The summed E-state index contributed by atoms with van der Waals surface area (Å²) in [6.45, 7) is 6.66. The molecule has 0 aliphatic heterocycles. The monoisotopic (exact) mass is 389 g/mol. The van der Waals surface area contributed by atoms with E-state index in [1.54, 1.807) is 6.33 Å². The Kier molecular flexibility index (Phi) is 4.75. The molecule has 0 saturated carbocycles. The first-order chi connectivity index (χ1) is 11.4. The van der Waals surface area contributed by atoms with Crippen molar-refractivity contribution >= 4 is 32.7 Å². The van der Waals surface area contributed by atoms with Crippen LogP contribution in [0.5, 0.6) is 0 Å². The fourth-order valence-electron chi connectivity index (χ4n) is 2.47. The van der Waals surface area contributed by atoms with E-state index in [0.29, 0.717) is 5.82 Å². The molecule has 1 atom stereocenters. The largest absolute Gasteiger partial charge is 0.359 e. The van der Waals surface area contributed by atoms with E-state index in [9.17, 15) is 0 Å². The Morgan fingerprint density at radius 2 is 2.08 bits per heavy atom. The minimum atomic E-state index is -0.0651. The van der Waals surface area contributed by atoms with Crippen molar-refractivity contribution in [2.75, 3.05) is 5.32 Å². The van der Waals surface area contributed by atoms with E-state index in [1.807, 2.05) is 18.2 Å². The number of halogens is 1. The van der Waals surface area contributed by atoms with Gasteiger partial charge in [-0.25, -0.2) is 9.97 Å². The predicted molar refractivity (Wildman–Crippen MR) is 96.5 cm³/mol. The van der Waals surface area contributed by atoms with Crippen molar-refractivity contribution in [1.29, 1.82) is 0 Å². The van der Waals surface area contributed by atoms with Crippen molar-refractivity contribution in [3.63, 3.8) is 0 Å². The molecular formula is C16H20BrN7. The van der Waals surface area contributed by atoms with E-state index in [-0.39, 0.29) is 11.5 Å². The van der Waals surface area contributed by atoms with Crippen LogP contribution in [0.25, 0.3) is 10.9 Å². The maximum absolute atomic E-state index is 4.41. The third-order valence-electron chi connectivity index (χ3n) is 3.77. The van der Waals surface area contributed by atoms with Crippen LogP contribution in [0, 0.1) is 5.41 Å². The number of nitrogens with zero attached hydrogens (tertiary/aromatic N) is 5. The number of benzene rings is 1. The van der Waals surface area contributed by atoms with Gasteiger partial charge < -0.3 is 5.32 Å². The fourth-order valence-corrected chi connectivity index (χ4v) is 2.82. The molecule has 7 nitrogen and oxygen atoms in total. The minimum Gasteiger partial charge on any atom is -0.359 e. The van der Waals surface area contributed by atoms with E-state index >= 15 is 0 Å². The summed E-state index contributed by atoms with van der Waals surface area (Å²) < 4.78 is 0.988. The van der Waals surface area contributed by atoms with Gasteiger partial charge in [-0.2, -0.15) is 5.21 Å². The van der Waals surface area contributed by atoms with Crippen LogP contribution in [0.4, 0.5) is 5.82 Å². The zero-order valence-corrected chi connectivity index (χ0v) is 15.5. The molecule has 1 unspecified atom stereocenters. The lowest BCUT2D eigenvalue weighted by atomic mass is 9.88. The van der Waals surface area contributed by atoms with Crippen LogP contribution in [0.1, 0.15) is 45.5 Å². The molecule has 8 heteroatoms. The lowest BCUT2D eigenvalue weighted by Gasteiger charge is -2.22. The minimum absolute atomic E-state index is 0.0651. The zero-order chi connectivity index (χ0) is 17.2. The van der Waals surface area contributed by atoms with Crippen LogP contribution in [-0.2, 0) is 0 Å². The number of hydrogen-bond acceptors (Lipinski definition) is 6. The molecule has 126 valence electrons. The SMILES string of the molecule is CC(C)(C)CCC(Nc1ncnc2cc(Br)ccc12)c1nn[nH]n1. The van der Waals surface area contributed by atoms with Crippen molar-refractivity contribution in [3.05, 3.63) is 34.8 Å². The van der Waals surface area contributed by atoms with Gasteiger partial charge in [0.15, 0.2) is 5.82 Å². The molecule has 0 bridgehead atoms. The van der Waals surface area contributed by atoms with Gasteiger partial charge in [0, 0.05) is 9.86 Å². The van der Waals surface area contributed by atoms with Crippen LogP contribution in [0.3, 0.4) is 0 Å². The van der Waals surface area contributed by atoms with Gasteiger partial charge in [0.25, 0.3) is 0 Å². The topological polar surface area (TPSA) is 92.3 Å². The van der Waals surface area contributed by atoms with Crippen LogP contribution >= 0.6 is 15.9 Å². The van der Waals surface area contributed by atoms with Gasteiger partial charge in [0.05, 0.1) is 11.6 Å². The average Bonchev–Trinajstić information content (AvgIpc) is 3.04. The number of nitrogens with one attached hydrogen (secondary N) is 2. The van der Waals surface area contributed by atoms with Gasteiger partial charge in [0.1, 0.15) is 12.1 Å². The van der Waals surface area contributed by atoms with Crippen molar-refractivity contribution in [2.45, 2.75) is 39.7 Å². The van der Waals surface area contributed by atoms with Crippen molar-refractivity contribution in [3.8, 4) is 0 Å². The summed E-state index contributed by atoms with van der Waals surface area (Å²) in [4.78, 5) is 8.73. The Morgan fingerprint density at radius 1 is 1.25 bits per heavy atom. The zero-order valence-electron chi connectivity index (χ0n) is 13.9. The number of fused-ring (bicyclic) bond motifs is 1. The van der Waals surface area contributed by atoms with Gasteiger partial charge in [-0.15, -0.1) is 10.2 Å². The van der Waals surface area contributed by atoms with E-state index in [0.717, 1.165) is 34.0 Å². The highest BCUT2D eigenvalue weighted by Crippen LogP contribution is 2.30. The highest BCUT2D eigenvalue weighted by molar-refractivity contribution is 9.10. The highest BCUT2D eigenvalue weighted by atomic mass is 79.9. The number of anilines is 1. The molecule has 0 aliphatic carbocycles. The summed E-state index contributed by atoms with van der Waals surface area (Å²) in [5.74, 6) is 1.42. The molecule has 2 aromatic heterocycles. The van der Waals surface area contributed by atoms with E-state index in [1.165, 1.54) is 0 Å². The van der Waals surface area contributed by atoms with Crippen LogP contribution in [0.15, 0.2) is 29.0 Å². The van der Waals surface area contributed by atoms with Gasteiger partial charge in [-0.3, -0.25) is 0 Å². The van der Waals surface area contributed by atoms with Gasteiger partial charge in [0.2, 0.25) is 0 Å². The van der Waals surface area contributed by atoms with Gasteiger partial charge in [-0.05, 0) is 36.5 Å². The molecule has 0 amide bonds.